The van der Waals surface area contributed by atoms with Gasteiger partial charge in [-0.15, -0.1) is 17.5 Å². The second kappa shape index (κ2) is 8.31. The summed E-state index contributed by atoms with van der Waals surface area (Å²) >= 11 is 0. The maximum atomic E-state index is 5.57. The maximum Gasteiger partial charge on any atom is 0.120 e. The van der Waals surface area contributed by atoms with Gasteiger partial charge in [0.05, 0.1) is 11.9 Å². The van der Waals surface area contributed by atoms with Gasteiger partial charge in [-0.3, -0.25) is 0 Å². The number of aryl methyl sites for hydroxylation is 1. The van der Waals surface area contributed by atoms with E-state index in [0.29, 0.717) is 6.61 Å². The SMILES string of the molecule is C=CCOc1cccc(-c2cn(-c3ccccc3CC)nn2)c1.Cl. The van der Waals surface area contributed by atoms with E-state index in [2.05, 4.69) is 35.9 Å². The van der Waals surface area contributed by atoms with Crippen LogP contribution in [-0.2, 0) is 6.42 Å². The molecule has 0 saturated heterocycles. The van der Waals surface area contributed by atoms with Crippen LogP contribution in [0.25, 0.3) is 16.9 Å². The summed E-state index contributed by atoms with van der Waals surface area (Å²) in [5.74, 6) is 0.797. The van der Waals surface area contributed by atoms with Crippen LogP contribution in [0.4, 0.5) is 0 Å². The minimum Gasteiger partial charge on any atom is -0.490 e. The molecule has 0 atom stereocenters. The molecule has 24 heavy (non-hydrogen) atoms. The Kier molecular flexibility index (Phi) is 6.15. The van der Waals surface area contributed by atoms with Crippen LogP contribution in [0.15, 0.2) is 67.4 Å². The molecule has 0 fully saturated rings. The van der Waals surface area contributed by atoms with E-state index >= 15 is 0 Å². The van der Waals surface area contributed by atoms with Gasteiger partial charge in [-0.2, -0.15) is 0 Å². The second-order valence-corrected chi connectivity index (χ2v) is 5.16. The number of para-hydroxylation sites is 1. The Morgan fingerprint density at radius 1 is 1.17 bits per heavy atom. The van der Waals surface area contributed by atoms with Crippen LogP contribution in [0.2, 0.25) is 0 Å². The topological polar surface area (TPSA) is 39.9 Å². The molecule has 4 nitrogen and oxygen atoms in total. The number of hydrogen-bond acceptors (Lipinski definition) is 3. The lowest BCUT2D eigenvalue weighted by atomic mass is 10.1. The quantitative estimate of drug-likeness (QED) is 0.620. The molecule has 1 heterocycles. The largest absolute Gasteiger partial charge is 0.490 e. The summed E-state index contributed by atoms with van der Waals surface area (Å²) in [6, 6.07) is 16.1. The first-order valence-corrected chi connectivity index (χ1v) is 7.66. The summed E-state index contributed by atoms with van der Waals surface area (Å²) in [4.78, 5) is 0. The van der Waals surface area contributed by atoms with E-state index in [-0.39, 0.29) is 12.4 Å². The third-order valence-electron chi connectivity index (χ3n) is 3.61. The summed E-state index contributed by atoms with van der Waals surface area (Å²) in [7, 11) is 0. The Hall–Kier alpha value is -2.59. The number of halogens is 1. The molecular formula is C19H20ClN3O. The van der Waals surface area contributed by atoms with Crippen molar-refractivity contribution in [3.8, 4) is 22.7 Å². The van der Waals surface area contributed by atoms with Gasteiger partial charge in [0.25, 0.3) is 0 Å². The first-order chi connectivity index (χ1) is 11.3. The number of hydrogen-bond donors (Lipinski definition) is 0. The summed E-state index contributed by atoms with van der Waals surface area (Å²) in [6.07, 6.45) is 4.63. The van der Waals surface area contributed by atoms with E-state index in [1.165, 1.54) is 5.56 Å². The fourth-order valence-electron chi connectivity index (χ4n) is 2.45. The molecule has 0 bridgehead atoms. The van der Waals surface area contributed by atoms with Gasteiger partial charge in [0.2, 0.25) is 0 Å². The third-order valence-corrected chi connectivity index (χ3v) is 3.61. The molecule has 0 spiro atoms. The standard InChI is InChI=1S/C19H19N3O.ClH/c1-3-12-23-17-10-7-9-16(13-17)18-14-22(21-20-18)19-11-6-5-8-15(19)4-2;/h3,5-11,13-14H,1,4,12H2,2H3;1H. The predicted molar refractivity (Wildman–Crippen MR) is 99.1 cm³/mol. The lowest BCUT2D eigenvalue weighted by Gasteiger charge is -2.06. The number of rotatable bonds is 6. The van der Waals surface area contributed by atoms with Crippen LogP contribution in [-0.4, -0.2) is 21.6 Å². The monoisotopic (exact) mass is 341 g/mol. The molecular weight excluding hydrogens is 322 g/mol. The normalized spacial score (nSPS) is 10.0. The summed E-state index contributed by atoms with van der Waals surface area (Å²) in [6.45, 7) is 6.28. The van der Waals surface area contributed by atoms with Crippen LogP contribution in [0, 0.1) is 0 Å². The molecule has 0 aliphatic rings. The van der Waals surface area contributed by atoms with Crippen molar-refractivity contribution < 1.29 is 4.74 Å². The van der Waals surface area contributed by atoms with Gasteiger partial charge in [0, 0.05) is 5.56 Å². The van der Waals surface area contributed by atoms with E-state index in [4.69, 9.17) is 4.74 Å². The number of aromatic nitrogens is 3. The van der Waals surface area contributed by atoms with Crippen LogP contribution in [0.5, 0.6) is 5.75 Å². The minimum absolute atomic E-state index is 0. The predicted octanol–water partition coefficient (Wildman–Crippen LogP) is 4.48. The van der Waals surface area contributed by atoms with Gasteiger partial charge in [-0.1, -0.05) is 55.1 Å². The highest BCUT2D eigenvalue weighted by atomic mass is 35.5. The molecule has 0 saturated carbocycles. The van der Waals surface area contributed by atoms with Crippen molar-refractivity contribution in [3.05, 3.63) is 72.9 Å². The number of benzene rings is 2. The smallest absolute Gasteiger partial charge is 0.120 e. The van der Waals surface area contributed by atoms with Crippen LogP contribution < -0.4 is 4.74 Å². The molecule has 1 aromatic heterocycles. The zero-order valence-electron chi connectivity index (χ0n) is 13.6. The Balaban J connectivity index is 0.00000208. The highest BCUT2D eigenvalue weighted by Crippen LogP contribution is 2.23. The summed E-state index contributed by atoms with van der Waals surface area (Å²) in [5.41, 5.74) is 4.10. The molecule has 3 rings (SSSR count). The molecule has 3 aromatic rings. The van der Waals surface area contributed by atoms with Crippen molar-refractivity contribution in [1.29, 1.82) is 0 Å². The van der Waals surface area contributed by atoms with Gasteiger partial charge >= 0.3 is 0 Å². The molecule has 0 amide bonds. The average Bonchev–Trinajstić information content (AvgIpc) is 3.10. The van der Waals surface area contributed by atoms with E-state index in [9.17, 15) is 0 Å². The Morgan fingerprint density at radius 2 is 2.00 bits per heavy atom. The van der Waals surface area contributed by atoms with E-state index in [1.807, 2.05) is 47.3 Å². The van der Waals surface area contributed by atoms with Crippen molar-refractivity contribution >= 4 is 12.4 Å². The maximum absolute atomic E-state index is 5.57. The number of ether oxygens (including phenoxy) is 1. The van der Waals surface area contributed by atoms with Crippen molar-refractivity contribution in [2.45, 2.75) is 13.3 Å². The molecule has 5 heteroatoms. The molecule has 0 aliphatic heterocycles. The first-order valence-electron chi connectivity index (χ1n) is 7.66. The average molecular weight is 342 g/mol. The Morgan fingerprint density at radius 3 is 2.79 bits per heavy atom. The van der Waals surface area contributed by atoms with Crippen LogP contribution in [0.3, 0.4) is 0 Å². The molecule has 124 valence electrons. The van der Waals surface area contributed by atoms with Crippen molar-refractivity contribution in [2.75, 3.05) is 6.61 Å². The van der Waals surface area contributed by atoms with E-state index in [1.54, 1.807) is 6.08 Å². The Labute approximate surface area is 148 Å². The molecule has 0 aliphatic carbocycles. The van der Waals surface area contributed by atoms with Gasteiger partial charge in [-0.05, 0) is 30.2 Å². The van der Waals surface area contributed by atoms with E-state index in [0.717, 1.165) is 29.1 Å². The fourth-order valence-corrected chi connectivity index (χ4v) is 2.45. The van der Waals surface area contributed by atoms with Gasteiger partial charge in [-0.25, -0.2) is 4.68 Å². The minimum atomic E-state index is 0. The highest BCUT2D eigenvalue weighted by molar-refractivity contribution is 5.85. The lowest BCUT2D eigenvalue weighted by molar-refractivity contribution is 0.363. The first kappa shape index (κ1) is 17.8. The molecule has 0 radical (unpaired) electrons. The van der Waals surface area contributed by atoms with Crippen molar-refractivity contribution in [2.24, 2.45) is 0 Å². The lowest BCUT2D eigenvalue weighted by Crippen LogP contribution is -1.99. The molecule has 0 unspecified atom stereocenters. The zero-order chi connectivity index (χ0) is 16.1. The summed E-state index contributed by atoms with van der Waals surface area (Å²) in [5, 5.41) is 8.57. The molecule has 2 aromatic carbocycles. The molecule has 0 N–H and O–H groups in total. The van der Waals surface area contributed by atoms with Crippen molar-refractivity contribution in [3.63, 3.8) is 0 Å². The van der Waals surface area contributed by atoms with Gasteiger partial charge in [0.1, 0.15) is 18.1 Å². The Bertz CT molecular complexity index is 814. The second-order valence-electron chi connectivity index (χ2n) is 5.16. The van der Waals surface area contributed by atoms with Gasteiger partial charge < -0.3 is 4.74 Å². The van der Waals surface area contributed by atoms with Crippen LogP contribution in [0.1, 0.15) is 12.5 Å². The number of nitrogens with zero attached hydrogens (tertiary/aromatic N) is 3. The zero-order valence-corrected chi connectivity index (χ0v) is 14.4. The third kappa shape index (κ3) is 3.84. The van der Waals surface area contributed by atoms with Crippen LogP contribution >= 0.6 is 12.4 Å². The highest BCUT2D eigenvalue weighted by Gasteiger charge is 2.08. The van der Waals surface area contributed by atoms with E-state index < -0.39 is 0 Å². The fraction of sp³-hybridized carbons (Fsp3) is 0.158. The van der Waals surface area contributed by atoms with Crippen molar-refractivity contribution in [1.82, 2.24) is 15.0 Å². The summed E-state index contributed by atoms with van der Waals surface area (Å²) < 4.78 is 7.40. The van der Waals surface area contributed by atoms with Gasteiger partial charge in [0.15, 0.2) is 0 Å².